The Kier molecular flexibility index (Phi) is 6.63. The summed E-state index contributed by atoms with van der Waals surface area (Å²) in [4.78, 5) is 12.9. The highest BCUT2D eigenvalue weighted by molar-refractivity contribution is 9.10. The Morgan fingerprint density at radius 2 is 1.57 bits per heavy atom. The van der Waals surface area contributed by atoms with Gasteiger partial charge in [0.2, 0.25) is 5.91 Å². The fourth-order valence-corrected chi connectivity index (χ4v) is 4.86. The van der Waals surface area contributed by atoms with Crippen molar-refractivity contribution in [3.8, 4) is 0 Å². The largest absolute Gasteiger partial charge is 0.325 e. The Bertz CT molecular complexity index is 1160. The van der Waals surface area contributed by atoms with E-state index in [-0.39, 0.29) is 11.4 Å². The molecule has 1 amide bonds. The number of halogens is 1. The molecule has 30 heavy (non-hydrogen) atoms. The maximum absolute atomic E-state index is 13.4. The Morgan fingerprint density at radius 1 is 0.933 bits per heavy atom. The molecule has 156 valence electrons. The van der Waals surface area contributed by atoms with Crippen molar-refractivity contribution < 1.29 is 13.2 Å². The summed E-state index contributed by atoms with van der Waals surface area (Å²) in [7, 11) is -3.92. The molecule has 1 N–H and O–H groups in total. The first-order valence-corrected chi connectivity index (χ1v) is 11.6. The van der Waals surface area contributed by atoms with Crippen molar-refractivity contribution in [2.24, 2.45) is 0 Å². The van der Waals surface area contributed by atoms with E-state index in [9.17, 15) is 13.2 Å². The number of sulfonamides is 1. The average Bonchev–Trinajstić information content (AvgIpc) is 2.69. The molecule has 0 saturated carbocycles. The number of hydrogen-bond donors (Lipinski definition) is 1. The van der Waals surface area contributed by atoms with Crippen molar-refractivity contribution in [3.05, 3.63) is 87.9 Å². The smallest absolute Gasteiger partial charge is 0.264 e. The van der Waals surface area contributed by atoms with Crippen LogP contribution in [0.1, 0.15) is 16.7 Å². The van der Waals surface area contributed by atoms with E-state index < -0.39 is 15.9 Å². The van der Waals surface area contributed by atoms with Gasteiger partial charge in [0.15, 0.2) is 0 Å². The number of nitrogens with zero attached hydrogens (tertiary/aromatic N) is 1. The minimum absolute atomic E-state index is 0.136. The topological polar surface area (TPSA) is 66.5 Å². The first-order chi connectivity index (χ1) is 14.2. The van der Waals surface area contributed by atoms with Crippen molar-refractivity contribution >= 4 is 43.2 Å². The number of carbonyl (C=O) groups excluding carboxylic acids is 1. The van der Waals surface area contributed by atoms with Crippen LogP contribution in [0.5, 0.6) is 0 Å². The zero-order valence-electron chi connectivity index (χ0n) is 17.0. The average molecular weight is 487 g/mol. The van der Waals surface area contributed by atoms with Gasteiger partial charge >= 0.3 is 0 Å². The Morgan fingerprint density at radius 3 is 2.17 bits per heavy atom. The Labute approximate surface area is 185 Å². The number of nitrogens with one attached hydrogen (secondary N) is 1. The third kappa shape index (κ3) is 5.09. The second kappa shape index (κ2) is 9.02. The van der Waals surface area contributed by atoms with Crippen molar-refractivity contribution in [2.75, 3.05) is 16.2 Å². The van der Waals surface area contributed by atoms with Crippen molar-refractivity contribution in [2.45, 2.75) is 25.7 Å². The summed E-state index contributed by atoms with van der Waals surface area (Å²) < 4.78 is 28.9. The zero-order chi connectivity index (χ0) is 21.9. The molecule has 0 bridgehead atoms. The van der Waals surface area contributed by atoms with Gasteiger partial charge in [-0.2, -0.15) is 0 Å². The summed E-state index contributed by atoms with van der Waals surface area (Å²) in [6.45, 7) is 5.37. The number of benzene rings is 3. The number of rotatable bonds is 6. The summed E-state index contributed by atoms with van der Waals surface area (Å²) in [6.07, 6.45) is 0. The molecule has 0 heterocycles. The first kappa shape index (κ1) is 22.1. The molecule has 3 rings (SSSR count). The van der Waals surface area contributed by atoms with E-state index in [1.54, 1.807) is 36.4 Å². The lowest BCUT2D eigenvalue weighted by Crippen LogP contribution is -2.38. The highest BCUT2D eigenvalue weighted by atomic mass is 79.9. The summed E-state index contributed by atoms with van der Waals surface area (Å²) in [6, 6.07) is 19.1. The number of amides is 1. The van der Waals surface area contributed by atoms with Crippen molar-refractivity contribution in [3.63, 3.8) is 0 Å². The van der Waals surface area contributed by atoms with Gasteiger partial charge in [0, 0.05) is 10.2 Å². The molecule has 3 aromatic carbocycles. The normalized spacial score (nSPS) is 11.2. The highest BCUT2D eigenvalue weighted by Crippen LogP contribution is 2.26. The predicted octanol–water partition coefficient (Wildman–Crippen LogP) is 5.21. The molecule has 0 atom stereocenters. The lowest BCUT2D eigenvalue weighted by atomic mass is 10.1. The van der Waals surface area contributed by atoms with Crippen LogP contribution in [0, 0.1) is 20.8 Å². The van der Waals surface area contributed by atoms with Crippen LogP contribution in [-0.4, -0.2) is 20.9 Å². The van der Waals surface area contributed by atoms with Crippen molar-refractivity contribution in [1.29, 1.82) is 0 Å². The van der Waals surface area contributed by atoms with Gasteiger partial charge in [0.25, 0.3) is 10.0 Å². The van der Waals surface area contributed by atoms with E-state index in [2.05, 4.69) is 21.2 Å². The summed E-state index contributed by atoms with van der Waals surface area (Å²) in [5.74, 6) is -0.421. The van der Waals surface area contributed by atoms with Gasteiger partial charge in [-0.15, -0.1) is 0 Å². The van der Waals surface area contributed by atoms with Gasteiger partial charge < -0.3 is 5.32 Å². The minimum atomic E-state index is -3.92. The molecule has 0 unspecified atom stereocenters. The lowest BCUT2D eigenvalue weighted by molar-refractivity contribution is -0.114. The van der Waals surface area contributed by atoms with E-state index in [1.807, 2.05) is 39.0 Å². The molecule has 0 aliphatic heterocycles. The third-order valence-corrected chi connectivity index (χ3v) is 7.23. The van der Waals surface area contributed by atoms with Crippen LogP contribution in [0.3, 0.4) is 0 Å². The van der Waals surface area contributed by atoms with E-state index in [0.717, 1.165) is 25.5 Å². The number of aryl methyl sites for hydroxylation is 3. The molecule has 0 radical (unpaired) electrons. The van der Waals surface area contributed by atoms with Crippen LogP contribution in [0.25, 0.3) is 0 Å². The Balaban J connectivity index is 1.97. The standard InChI is InChI=1S/C23H23BrN2O3S/c1-16-11-17(2)13-20(12-16)26(30(28,29)21-7-5-4-6-8-21)15-23(27)25-19-9-10-22(24)18(3)14-19/h4-14H,15H2,1-3H3,(H,25,27). The molecule has 0 aliphatic carbocycles. The van der Waals surface area contributed by atoms with Crippen LogP contribution in [-0.2, 0) is 14.8 Å². The summed E-state index contributed by atoms with van der Waals surface area (Å²) in [5, 5.41) is 2.80. The van der Waals surface area contributed by atoms with Crippen molar-refractivity contribution in [1.82, 2.24) is 0 Å². The van der Waals surface area contributed by atoms with Crippen LogP contribution in [0.15, 0.2) is 76.1 Å². The molecule has 0 aliphatic rings. The van der Waals surface area contributed by atoms with Crippen LogP contribution >= 0.6 is 15.9 Å². The summed E-state index contributed by atoms with van der Waals surface area (Å²) in [5.41, 5.74) is 3.87. The predicted molar refractivity (Wildman–Crippen MR) is 124 cm³/mol. The van der Waals surface area contributed by atoms with E-state index in [4.69, 9.17) is 0 Å². The molecule has 5 nitrogen and oxygen atoms in total. The fraction of sp³-hybridized carbons (Fsp3) is 0.174. The molecular formula is C23H23BrN2O3S. The number of hydrogen-bond acceptors (Lipinski definition) is 3. The second-order valence-electron chi connectivity index (χ2n) is 7.18. The molecule has 0 fully saturated rings. The van der Waals surface area contributed by atoms with Gasteiger partial charge in [-0.1, -0.05) is 40.2 Å². The monoisotopic (exact) mass is 486 g/mol. The van der Waals surface area contributed by atoms with Gasteiger partial charge in [0.05, 0.1) is 10.6 Å². The SMILES string of the molecule is Cc1cc(C)cc(N(CC(=O)Nc2ccc(Br)c(C)c2)S(=O)(=O)c2ccccc2)c1. The van der Waals surface area contributed by atoms with Crippen LogP contribution < -0.4 is 9.62 Å². The first-order valence-electron chi connectivity index (χ1n) is 9.39. The van der Waals surface area contributed by atoms with Gasteiger partial charge in [-0.25, -0.2) is 8.42 Å². The Hall–Kier alpha value is -2.64. The van der Waals surface area contributed by atoms with Gasteiger partial charge in [0.1, 0.15) is 6.54 Å². The minimum Gasteiger partial charge on any atom is -0.325 e. The summed E-state index contributed by atoms with van der Waals surface area (Å²) >= 11 is 3.43. The van der Waals surface area contributed by atoms with Gasteiger partial charge in [-0.3, -0.25) is 9.10 Å². The third-order valence-electron chi connectivity index (χ3n) is 4.55. The highest BCUT2D eigenvalue weighted by Gasteiger charge is 2.27. The van der Waals surface area contributed by atoms with Crippen LogP contribution in [0.2, 0.25) is 0 Å². The number of anilines is 2. The van der Waals surface area contributed by atoms with Gasteiger partial charge in [-0.05, 0) is 79.9 Å². The fourth-order valence-electron chi connectivity index (χ4n) is 3.18. The van der Waals surface area contributed by atoms with E-state index in [0.29, 0.717) is 11.4 Å². The second-order valence-corrected chi connectivity index (χ2v) is 9.90. The molecule has 0 spiro atoms. The maximum Gasteiger partial charge on any atom is 0.264 e. The lowest BCUT2D eigenvalue weighted by Gasteiger charge is -2.25. The molecule has 0 saturated heterocycles. The maximum atomic E-state index is 13.4. The molecule has 0 aromatic heterocycles. The molecular weight excluding hydrogens is 464 g/mol. The van der Waals surface area contributed by atoms with Crippen LogP contribution in [0.4, 0.5) is 11.4 Å². The quantitative estimate of drug-likeness (QED) is 0.519. The zero-order valence-corrected chi connectivity index (χ0v) is 19.4. The molecule has 7 heteroatoms. The molecule has 3 aromatic rings. The number of carbonyl (C=O) groups is 1. The van der Waals surface area contributed by atoms with E-state index >= 15 is 0 Å². The van der Waals surface area contributed by atoms with E-state index in [1.165, 1.54) is 12.1 Å².